The lowest BCUT2D eigenvalue weighted by Crippen LogP contribution is -2.27. The molecule has 4 rings (SSSR count). The number of halogens is 1. The van der Waals surface area contributed by atoms with Gasteiger partial charge in [0.05, 0.1) is 6.61 Å². The minimum absolute atomic E-state index is 0.307. The van der Waals surface area contributed by atoms with Crippen LogP contribution in [0.5, 0.6) is 5.75 Å². The van der Waals surface area contributed by atoms with Crippen LogP contribution in [0.15, 0.2) is 66.9 Å². The van der Waals surface area contributed by atoms with E-state index in [9.17, 15) is 0 Å². The minimum atomic E-state index is 0.307. The molecule has 0 aliphatic heterocycles. The number of hydrogen-bond acceptors (Lipinski definition) is 3. The number of ether oxygens (including phenoxy) is 1. The first-order valence-corrected chi connectivity index (χ1v) is 10.6. The molecule has 1 saturated carbocycles. The Kier molecular flexibility index (Phi) is 6.08. The Labute approximate surface area is 183 Å². The first-order chi connectivity index (χ1) is 14.6. The van der Waals surface area contributed by atoms with Gasteiger partial charge in [0, 0.05) is 22.3 Å². The highest BCUT2D eigenvalue weighted by molar-refractivity contribution is 6.30. The Morgan fingerprint density at radius 3 is 2.30 bits per heavy atom. The molecule has 2 N–H and O–H groups in total. The van der Waals surface area contributed by atoms with Crippen LogP contribution in [0.2, 0.25) is 5.02 Å². The van der Waals surface area contributed by atoms with E-state index in [0.717, 1.165) is 39.7 Å². The molecule has 3 aromatic rings. The summed E-state index contributed by atoms with van der Waals surface area (Å²) in [4.78, 5) is 4.45. The fraction of sp³-hybridized carbons (Fsp3) is 0.269. The van der Waals surface area contributed by atoms with Gasteiger partial charge in [-0.2, -0.15) is 0 Å². The second-order valence-electron chi connectivity index (χ2n) is 7.99. The lowest BCUT2D eigenvalue weighted by Gasteiger charge is -2.21. The summed E-state index contributed by atoms with van der Waals surface area (Å²) >= 11 is 5.95. The summed E-state index contributed by atoms with van der Waals surface area (Å²) in [7, 11) is 0. The van der Waals surface area contributed by atoms with E-state index in [-0.39, 0.29) is 0 Å². The van der Waals surface area contributed by atoms with Crippen molar-refractivity contribution in [1.29, 1.82) is 0 Å². The Morgan fingerprint density at radius 2 is 1.70 bits per heavy atom. The monoisotopic (exact) mass is 416 g/mol. The summed E-state index contributed by atoms with van der Waals surface area (Å²) in [5.74, 6) is 7.62. The van der Waals surface area contributed by atoms with E-state index in [1.54, 1.807) is 0 Å². The maximum Gasteiger partial charge on any atom is 0.119 e. The first kappa shape index (κ1) is 20.5. The zero-order valence-electron chi connectivity index (χ0n) is 17.1. The van der Waals surface area contributed by atoms with E-state index in [1.807, 2.05) is 66.9 Å². The Morgan fingerprint density at radius 1 is 1.00 bits per heavy atom. The molecule has 1 unspecified atom stereocenters. The topological polar surface area (TPSA) is 48.1 Å². The van der Waals surface area contributed by atoms with Gasteiger partial charge >= 0.3 is 0 Å². The van der Waals surface area contributed by atoms with Crippen molar-refractivity contribution in [3.63, 3.8) is 0 Å². The zero-order valence-corrected chi connectivity index (χ0v) is 17.8. The average molecular weight is 417 g/mol. The van der Waals surface area contributed by atoms with Gasteiger partial charge in [0.1, 0.15) is 11.4 Å². The first-order valence-electron chi connectivity index (χ1n) is 10.2. The predicted molar refractivity (Wildman–Crippen MR) is 122 cm³/mol. The Bertz CT molecular complexity index is 1040. The summed E-state index contributed by atoms with van der Waals surface area (Å²) < 4.78 is 5.95. The molecule has 1 fully saturated rings. The van der Waals surface area contributed by atoms with Gasteiger partial charge in [-0.1, -0.05) is 42.6 Å². The molecule has 1 aromatic heterocycles. The third-order valence-electron chi connectivity index (χ3n) is 5.97. The van der Waals surface area contributed by atoms with Crippen LogP contribution < -0.4 is 10.5 Å². The van der Waals surface area contributed by atoms with Crippen molar-refractivity contribution in [2.45, 2.75) is 19.8 Å². The molecule has 0 bridgehead atoms. The van der Waals surface area contributed by atoms with Gasteiger partial charge in [-0.05, 0) is 84.7 Å². The summed E-state index contributed by atoms with van der Waals surface area (Å²) in [6, 6.07) is 19.6. The highest BCUT2D eigenvalue weighted by Gasteiger charge is 2.46. The number of benzene rings is 2. The second-order valence-corrected chi connectivity index (χ2v) is 8.43. The molecular weight excluding hydrogens is 392 g/mol. The summed E-state index contributed by atoms with van der Waals surface area (Å²) in [6.07, 6.45) is 4.27. The van der Waals surface area contributed by atoms with E-state index in [2.05, 4.69) is 23.7 Å². The van der Waals surface area contributed by atoms with Gasteiger partial charge < -0.3 is 10.5 Å². The summed E-state index contributed by atoms with van der Waals surface area (Å²) in [5, 5.41) is 0.725. The maximum absolute atomic E-state index is 5.95. The largest absolute Gasteiger partial charge is 0.493 e. The molecule has 1 aliphatic rings. The molecule has 152 valence electrons. The van der Waals surface area contributed by atoms with Gasteiger partial charge in [0.15, 0.2) is 0 Å². The van der Waals surface area contributed by atoms with Crippen molar-refractivity contribution in [2.75, 3.05) is 13.2 Å². The van der Waals surface area contributed by atoms with Crippen molar-refractivity contribution < 1.29 is 4.74 Å². The van der Waals surface area contributed by atoms with Crippen LogP contribution in [0.4, 0.5) is 0 Å². The average Bonchev–Trinajstić information content (AvgIpc) is 3.59. The Hall–Kier alpha value is -2.80. The standard InChI is InChI=1S/C26H25ClN2O/c1-19(26(18-28)14-15-26)17-30-25-12-3-20(4-13-25)2-10-24-11-7-22(16-29-24)21-5-8-23(27)9-6-21/h3-9,11-13,16,19H,14-15,17-18,28H2,1H3. The molecule has 0 spiro atoms. The molecule has 0 amide bonds. The predicted octanol–water partition coefficient (Wildman–Crippen LogP) is 5.56. The molecule has 0 saturated heterocycles. The quantitative estimate of drug-likeness (QED) is 0.535. The molecule has 0 radical (unpaired) electrons. The molecule has 3 nitrogen and oxygen atoms in total. The fourth-order valence-electron chi connectivity index (χ4n) is 3.51. The number of nitrogens with zero attached hydrogens (tertiary/aromatic N) is 1. The fourth-order valence-corrected chi connectivity index (χ4v) is 3.63. The van der Waals surface area contributed by atoms with Crippen molar-refractivity contribution in [3.8, 4) is 28.7 Å². The van der Waals surface area contributed by atoms with E-state index in [1.165, 1.54) is 12.8 Å². The molecule has 1 aliphatic carbocycles. The maximum atomic E-state index is 5.95. The molecule has 1 heterocycles. The van der Waals surface area contributed by atoms with Crippen molar-refractivity contribution >= 4 is 11.6 Å². The number of hydrogen-bond donors (Lipinski definition) is 1. The van der Waals surface area contributed by atoms with Crippen LogP contribution in [0.1, 0.15) is 31.0 Å². The van der Waals surface area contributed by atoms with Crippen LogP contribution in [0, 0.1) is 23.2 Å². The number of pyridine rings is 1. The zero-order chi connectivity index (χ0) is 21.0. The Balaban J connectivity index is 1.35. The second kappa shape index (κ2) is 8.92. The van der Waals surface area contributed by atoms with Gasteiger partial charge in [-0.15, -0.1) is 0 Å². The molecule has 2 aromatic carbocycles. The van der Waals surface area contributed by atoms with Gasteiger partial charge in [0.25, 0.3) is 0 Å². The van der Waals surface area contributed by atoms with Crippen molar-refractivity contribution in [3.05, 3.63) is 83.1 Å². The molecule has 1 atom stereocenters. The highest BCUT2D eigenvalue weighted by atomic mass is 35.5. The van der Waals surface area contributed by atoms with Crippen molar-refractivity contribution in [2.24, 2.45) is 17.1 Å². The third-order valence-corrected chi connectivity index (χ3v) is 6.23. The number of nitrogens with two attached hydrogens (primary N) is 1. The van der Waals surface area contributed by atoms with Crippen LogP contribution in [0.25, 0.3) is 11.1 Å². The normalized spacial score (nSPS) is 15.0. The van der Waals surface area contributed by atoms with E-state index in [0.29, 0.717) is 17.9 Å². The summed E-state index contributed by atoms with van der Waals surface area (Å²) in [5.41, 5.74) is 9.99. The van der Waals surface area contributed by atoms with Crippen LogP contribution in [0.3, 0.4) is 0 Å². The smallest absolute Gasteiger partial charge is 0.119 e. The van der Waals surface area contributed by atoms with Crippen LogP contribution >= 0.6 is 11.6 Å². The highest BCUT2D eigenvalue weighted by Crippen LogP contribution is 2.51. The van der Waals surface area contributed by atoms with Gasteiger partial charge in [-0.3, -0.25) is 0 Å². The van der Waals surface area contributed by atoms with E-state index < -0.39 is 0 Å². The van der Waals surface area contributed by atoms with Crippen LogP contribution in [-0.2, 0) is 0 Å². The lowest BCUT2D eigenvalue weighted by atomic mass is 9.91. The number of rotatable bonds is 6. The SMILES string of the molecule is CC(COc1ccc(C#Cc2ccc(-c3ccc(Cl)cc3)cn2)cc1)C1(CN)CC1. The summed E-state index contributed by atoms with van der Waals surface area (Å²) in [6.45, 7) is 3.68. The molecule has 30 heavy (non-hydrogen) atoms. The molecule has 4 heteroatoms. The van der Waals surface area contributed by atoms with Crippen LogP contribution in [-0.4, -0.2) is 18.1 Å². The van der Waals surface area contributed by atoms with E-state index in [4.69, 9.17) is 22.1 Å². The van der Waals surface area contributed by atoms with Gasteiger partial charge in [0.2, 0.25) is 0 Å². The van der Waals surface area contributed by atoms with Gasteiger partial charge in [-0.25, -0.2) is 4.98 Å². The van der Waals surface area contributed by atoms with Crippen molar-refractivity contribution in [1.82, 2.24) is 4.98 Å². The number of aromatic nitrogens is 1. The lowest BCUT2D eigenvalue weighted by molar-refractivity contribution is 0.197. The third kappa shape index (κ3) is 4.84. The van der Waals surface area contributed by atoms with E-state index >= 15 is 0 Å². The minimum Gasteiger partial charge on any atom is -0.493 e. The molecular formula is C26H25ClN2O.